The maximum atomic E-state index is 12.0. The number of carbonyl (C=O) groups excluding carboxylic acids is 1. The average molecular weight is 295 g/mol. The number of likely N-dealkylation sites (tertiary alicyclic amines) is 1. The second-order valence-corrected chi connectivity index (χ2v) is 7.76. The van der Waals surface area contributed by atoms with Crippen LogP contribution in [0.5, 0.6) is 0 Å². The second kappa shape index (κ2) is 5.65. The highest BCUT2D eigenvalue weighted by Crippen LogP contribution is 2.18. The van der Waals surface area contributed by atoms with Gasteiger partial charge in [0.15, 0.2) is 9.84 Å². The first kappa shape index (κ1) is 13.9. The summed E-state index contributed by atoms with van der Waals surface area (Å²) in [4.78, 5) is 13.8. The SMILES string of the molecule is O=C(NC1CS(=O)(=O)CC1Cl)N1CCCCCC1. The smallest absolute Gasteiger partial charge is 0.317 e. The molecule has 2 rings (SSSR count). The summed E-state index contributed by atoms with van der Waals surface area (Å²) < 4.78 is 22.8. The standard InChI is InChI=1S/C11H19ClN2O3S/c12-9-7-18(16,17)8-10(9)13-11(15)14-5-3-1-2-4-6-14/h9-10H,1-8H2,(H,13,15). The largest absolute Gasteiger partial charge is 0.333 e. The topological polar surface area (TPSA) is 66.5 Å². The fourth-order valence-electron chi connectivity index (χ4n) is 2.46. The number of amides is 2. The summed E-state index contributed by atoms with van der Waals surface area (Å²) in [5.41, 5.74) is 0. The van der Waals surface area contributed by atoms with Gasteiger partial charge in [-0.25, -0.2) is 13.2 Å². The van der Waals surface area contributed by atoms with E-state index < -0.39 is 21.3 Å². The third-order valence-corrected chi connectivity index (χ3v) is 5.86. The van der Waals surface area contributed by atoms with Crippen molar-refractivity contribution in [3.05, 3.63) is 0 Å². The minimum atomic E-state index is -3.09. The molecule has 5 nitrogen and oxygen atoms in total. The Kier molecular flexibility index (Phi) is 4.37. The number of hydrogen-bond acceptors (Lipinski definition) is 3. The van der Waals surface area contributed by atoms with Crippen LogP contribution in [0.3, 0.4) is 0 Å². The van der Waals surface area contributed by atoms with Gasteiger partial charge in [-0.05, 0) is 12.8 Å². The molecule has 18 heavy (non-hydrogen) atoms. The minimum Gasteiger partial charge on any atom is -0.333 e. The third-order valence-electron chi connectivity index (χ3n) is 3.49. The Labute approximate surface area is 113 Å². The highest BCUT2D eigenvalue weighted by Gasteiger charge is 2.37. The first-order valence-electron chi connectivity index (χ1n) is 6.38. The van der Waals surface area contributed by atoms with Crippen molar-refractivity contribution < 1.29 is 13.2 Å². The van der Waals surface area contributed by atoms with Crippen molar-refractivity contribution in [2.24, 2.45) is 0 Å². The average Bonchev–Trinajstić information content (AvgIpc) is 2.50. The predicted molar refractivity (Wildman–Crippen MR) is 70.7 cm³/mol. The molecule has 2 aliphatic rings. The minimum absolute atomic E-state index is 0.0409. The first-order valence-corrected chi connectivity index (χ1v) is 8.64. The van der Waals surface area contributed by atoms with Crippen molar-refractivity contribution in [1.29, 1.82) is 0 Å². The first-order chi connectivity index (χ1) is 8.48. The molecule has 104 valence electrons. The summed E-state index contributed by atoms with van der Waals surface area (Å²) in [5.74, 6) is -0.0831. The molecular formula is C11H19ClN2O3S. The normalized spacial score (nSPS) is 31.9. The monoisotopic (exact) mass is 294 g/mol. The molecule has 0 radical (unpaired) electrons. The van der Waals surface area contributed by atoms with E-state index in [4.69, 9.17) is 11.6 Å². The number of sulfone groups is 1. The van der Waals surface area contributed by atoms with E-state index in [1.54, 1.807) is 4.90 Å². The van der Waals surface area contributed by atoms with Gasteiger partial charge in [-0.15, -0.1) is 11.6 Å². The molecule has 7 heteroatoms. The number of nitrogens with zero attached hydrogens (tertiary/aromatic N) is 1. The van der Waals surface area contributed by atoms with Crippen LogP contribution < -0.4 is 5.32 Å². The van der Waals surface area contributed by atoms with Gasteiger partial charge in [0.25, 0.3) is 0 Å². The zero-order valence-corrected chi connectivity index (χ0v) is 11.8. The summed E-state index contributed by atoms with van der Waals surface area (Å²) in [6.07, 6.45) is 4.33. The second-order valence-electron chi connectivity index (χ2n) is 5.05. The van der Waals surface area contributed by atoms with Gasteiger partial charge in [0.05, 0.1) is 22.9 Å². The predicted octanol–water partition coefficient (Wildman–Crippen LogP) is 0.976. The van der Waals surface area contributed by atoms with Crippen LogP contribution in [0.25, 0.3) is 0 Å². The Morgan fingerprint density at radius 1 is 1.11 bits per heavy atom. The van der Waals surface area contributed by atoms with E-state index in [-0.39, 0.29) is 17.5 Å². The number of alkyl halides is 1. The van der Waals surface area contributed by atoms with Gasteiger partial charge >= 0.3 is 6.03 Å². The third kappa shape index (κ3) is 3.51. The van der Waals surface area contributed by atoms with Crippen molar-refractivity contribution >= 4 is 27.5 Å². The lowest BCUT2D eigenvalue weighted by Crippen LogP contribution is -2.48. The lowest BCUT2D eigenvalue weighted by Gasteiger charge is -2.24. The summed E-state index contributed by atoms with van der Waals surface area (Å²) in [6, 6.07) is -0.628. The van der Waals surface area contributed by atoms with Crippen LogP contribution in [0, 0.1) is 0 Å². The molecule has 2 aliphatic heterocycles. The van der Waals surface area contributed by atoms with Gasteiger partial charge < -0.3 is 10.2 Å². The van der Waals surface area contributed by atoms with E-state index in [9.17, 15) is 13.2 Å². The van der Waals surface area contributed by atoms with Crippen molar-refractivity contribution in [1.82, 2.24) is 10.2 Å². The van der Waals surface area contributed by atoms with Crippen molar-refractivity contribution in [3.8, 4) is 0 Å². The fourth-order valence-corrected chi connectivity index (χ4v) is 5.01. The van der Waals surface area contributed by atoms with E-state index in [1.807, 2.05) is 0 Å². The molecule has 2 heterocycles. The molecule has 0 saturated carbocycles. The van der Waals surface area contributed by atoms with E-state index in [0.717, 1.165) is 38.8 Å². The van der Waals surface area contributed by atoms with Crippen molar-refractivity contribution in [2.45, 2.75) is 37.1 Å². The van der Waals surface area contributed by atoms with Crippen molar-refractivity contribution in [3.63, 3.8) is 0 Å². The summed E-state index contributed by atoms with van der Waals surface area (Å²) in [5, 5.41) is 2.25. The van der Waals surface area contributed by atoms with Gasteiger partial charge in [0, 0.05) is 13.1 Å². The Balaban J connectivity index is 1.91. The van der Waals surface area contributed by atoms with Crippen LogP contribution in [0.15, 0.2) is 0 Å². The molecule has 0 aromatic heterocycles. The lowest BCUT2D eigenvalue weighted by atomic mass is 10.2. The highest BCUT2D eigenvalue weighted by molar-refractivity contribution is 7.91. The number of hydrogen-bond donors (Lipinski definition) is 1. The van der Waals surface area contributed by atoms with E-state index in [2.05, 4.69) is 5.32 Å². The van der Waals surface area contributed by atoms with Crippen molar-refractivity contribution in [2.75, 3.05) is 24.6 Å². The molecule has 1 N–H and O–H groups in total. The number of urea groups is 1. The van der Waals surface area contributed by atoms with E-state index in [1.165, 1.54) is 0 Å². The van der Waals surface area contributed by atoms with Crippen LogP contribution in [-0.2, 0) is 9.84 Å². The van der Waals surface area contributed by atoms with Gasteiger partial charge in [0.1, 0.15) is 0 Å². The van der Waals surface area contributed by atoms with Crippen LogP contribution in [-0.4, -0.2) is 55.4 Å². The quantitative estimate of drug-likeness (QED) is 0.733. The maximum absolute atomic E-state index is 12.0. The molecule has 2 unspecified atom stereocenters. The molecule has 2 fully saturated rings. The number of halogens is 1. The molecule has 0 bridgehead atoms. The molecule has 2 saturated heterocycles. The molecule has 0 aromatic carbocycles. The van der Waals surface area contributed by atoms with Crippen LogP contribution >= 0.6 is 11.6 Å². The molecule has 2 atom stereocenters. The molecule has 0 aliphatic carbocycles. The highest BCUT2D eigenvalue weighted by atomic mass is 35.5. The van der Waals surface area contributed by atoms with Gasteiger partial charge in [-0.3, -0.25) is 0 Å². The molecular weight excluding hydrogens is 276 g/mol. The Morgan fingerprint density at radius 3 is 2.22 bits per heavy atom. The fraction of sp³-hybridized carbons (Fsp3) is 0.909. The molecule has 0 aromatic rings. The summed E-state index contributed by atoms with van der Waals surface area (Å²) in [7, 11) is -3.09. The Hall–Kier alpha value is -0.490. The summed E-state index contributed by atoms with van der Waals surface area (Å²) in [6.45, 7) is 1.50. The Bertz CT molecular complexity index is 405. The zero-order valence-electron chi connectivity index (χ0n) is 10.3. The van der Waals surface area contributed by atoms with E-state index in [0.29, 0.717) is 0 Å². The van der Waals surface area contributed by atoms with Gasteiger partial charge in [-0.2, -0.15) is 0 Å². The maximum Gasteiger partial charge on any atom is 0.317 e. The van der Waals surface area contributed by atoms with Gasteiger partial charge in [-0.1, -0.05) is 12.8 Å². The van der Waals surface area contributed by atoms with E-state index >= 15 is 0 Å². The Morgan fingerprint density at radius 2 is 1.72 bits per heavy atom. The molecule has 0 spiro atoms. The number of nitrogens with one attached hydrogen (secondary N) is 1. The van der Waals surface area contributed by atoms with Gasteiger partial charge in [0.2, 0.25) is 0 Å². The van der Waals surface area contributed by atoms with Crippen LogP contribution in [0.2, 0.25) is 0 Å². The number of rotatable bonds is 1. The molecule has 2 amide bonds. The van der Waals surface area contributed by atoms with Crippen LogP contribution in [0.1, 0.15) is 25.7 Å². The summed E-state index contributed by atoms with van der Waals surface area (Å²) >= 11 is 5.97. The zero-order chi connectivity index (χ0) is 13.2. The lowest BCUT2D eigenvalue weighted by molar-refractivity contribution is 0.197. The van der Waals surface area contributed by atoms with Crippen LogP contribution in [0.4, 0.5) is 4.79 Å². The number of carbonyl (C=O) groups is 1.